The minimum atomic E-state index is 0.247. The van der Waals surface area contributed by atoms with E-state index in [4.69, 9.17) is 5.73 Å². The van der Waals surface area contributed by atoms with Crippen LogP contribution < -0.4 is 5.73 Å². The minimum absolute atomic E-state index is 0.247. The summed E-state index contributed by atoms with van der Waals surface area (Å²) in [6.45, 7) is 9.04. The van der Waals surface area contributed by atoms with Crippen LogP contribution in [0.15, 0.2) is 22.7 Å². The molecule has 1 saturated heterocycles. The van der Waals surface area contributed by atoms with Gasteiger partial charge in [-0.2, -0.15) is 0 Å². The Balaban J connectivity index is 2.31. The Morgan fingerprint density at radius 1 is 1.35 bits per heavy atom. The van der Waals surface area contributed by atoms with Crippen LogP contribution in [0.25, 0.3) is 0 Å². The summed E-state index contributed by atoms with van der Waals surface area (Å²) in [6, 6.07) is 7.31. The fraction of sp³-hybridized carbons (Fsp3) is 0.647. The van der Waals surface area contributed by atoms with Crippen molar-refractivity contribution in [2.45, 2.75) is 52.1 Å². The average Bonchev–Trinajstić information content (AvgIpc) is 2.54. The highest BCUT2D eigenvalue weighted by Crippen LogP contribution is 2.32. The molecule has 2 N–H and O–H groups in total. The van der Waals surface area contributed by atoms with Gasteiger partial charge in [0.1, 0.15) is 0 Å². The highest BCUT2D eigenvalue weighted by Gasteiger charge is 2.29. The summed E-state index contributed by atoms with van der Waals surface area (Å²) >= 11 is 3.59. The Hall–Kier alpha value is -0.380. The Morgan fingerprint density at radius 3 is 2.75 bits per heavy atom. The van der Waals surface area contributed by atoms with Crippen LogP contribution in [0, 0.1) is 12.8 Å². The SMILES string of the molecule is Cc1cc(C2C(N)CCCCN2CC(C)C)ccc1Br. The molecule has 1 aliphatic heterocycles. The van der Waals surface area contributed by atoms with Crippen molar-refractivity contribution in [3.8, 4) is 0 Å². The molecular weight excluding hydrogens is 312 g/mol. The van der Waals surface area contributed by atoms with Gasteiger partial charge in [-0.1, -0.05) is 48.3 Å². The third-order valence-electron chi connectivity index (χ3n) is 4.15. The lowest BCUT2D eigenvalue weighted by atomic mass is 9.94. The van der Waals surface area contributed by atoms with E-state index in [1.165, 1.54) is 35.0 Å². The Bertz CT molecular complexity index is 445. The predicted molar refractivity (Wildman–Crippen MR) is 89.9 cm³/mol. The first-order valence-corrected chi connectivity index (χ1v) is 8.54. The zero-order chi connectivity index (χ0) is 14.7. The normalized spacial score (nSPS) is 24.9. The molecule has 0 aromatic heterocycles. The highest BCUT2D eigenvalue weighted by atomic mass is 79.9. The zero-order valence-electron chi connectivity index (χ0n) is 12.9. The maximum absolute atomic E-state index is 6.51. The minimum Gasteiger partial charge on any atom is -0.326 e. The lowest BCUT2D eigenvalue weighted by molar-refractivity contribution is 0.165. The molecule has 1 aromatic carbocycles. The standard InChI is InChI=1S/C17H27BrN2/c1-12(2)11-20-9-5-4-6-16(19)17(20)14-7-8-15(18)13(3)10-14/h7-8,10,12,16-17H,4-6,9,11,19H2,1-3H3. The first kappa shape index (κ1) is 16.0. The van der Waals surface area contributed by atoms with Crippen molar-refractivity contribution in [3.63, 3.8) is 0 Å². The molecule has 1 aliphatic rings. The van der Waals surface area contributed by atoms with Crippen molar-refractivity contribution in [2.24, 2.45) is 11.7 Å². The van der Waals surface area contributed by atoms with Gasteiger partial charge in [0.25, 0.3) is 0 Å². The summed E-state index contributed by atoms with van der Waals surface area (Å²) in [5.74, 6) is 0.680. The number of likely N-dealkylation sites (tertiary alicyclic amines) is 1. The smallest absolute Gasteiger partial charge is 0.0499 e. The van der Waals surface area contributed by atoms with E-state index in [1.54, 1.807) is 0 Å². The maximum atomic E-state index is 6.51. The van der Waals surface area contributed by atoms with E-state index in [0.29, 0.717) is 12.0 Å². The number of benzene rings is 1. The van der Waals surface area contributed by atoms with E-state index in [2.05, 4.69) is 59.8 Å². The van der Waals surface area contributed by atoms with E-state index in [1.807, 2.05) is 0 Å². The van der Waals surface area contributed by atoms with Gasteiger partial charge in [0.2, 0.25) is 0 Å². The fourth-order valence-corrected chi connectivity index (χ4v) is 3.49. The van der Waals surface area contributed by atoms with E-state index in [9.17, 15) is 0 Å². The molecular formula is C17H27BrN2. The monoisotopic (exact) mass is 338 g/mol. The van der Waals surface area contributed by atoms with Crippen LogP contribution in [-0.2, 0) is 0 Å². The second-order valence-electron chi connectivity index (χ2n) is 6.50. The van der Waals surface area contributed by atoms with Gasteiger partial charge in [0.05, 0.1) is 0 Å². The number of aryl methyl sites for hydroxylation is 1. The van der Waals surface area contributed by atoms with E-state index in [-0.39, 0.29) is 6.04 Å². The number of hydrogen-bond donors (Lipinski definition) is 1. The zero-order valence-corrected chi connectivity index (χ0v) is 14.5. The van der Waals surface area contributed by atoms with Crippen LogP contribution in [0.2, 0.25) is 0 Å². The largest absolute Gasteiger partial charge is 0.326 e. The molecule has 0 radical (unpaired) electrons. The first-order chi connectivity index (χ1) is 9.49. The van der Waals surface area contributed by atoms with Gasteiger partial charge in [-0.3, -0.25) is 4.90 Å². The number of nitrogens with zero attached hydrogens (tertiary/aromatic N) is 1. The lowest BCUT2D eigenvalue weighted by Crippen LogP contribution is -2.41. The van der Waals surface area contributed by atoms with Gasteiger partial charge in [0.15, 0.2) is 0 Å². The van der Waals surface area contributed by atoms with Crippen LogP contribution in [0.3, 0.4) is 0 Å². The first-order valence-electron chi connectivity index (χ1n) is 7.74. The molecule has 0 aliphatic carbocycles. The summed E-state index contributed by atoms with van der Waals surface area (Å²) in [5, 5.41) is 0. The molecule has 3 heteroatoms. The van der Waals surface area contributed by atoms with Crippen molar-refractivity contribution in [2.75, 3.05) is 13.1 Å². The molecule has 0 saturated carbocycles. The van der Waals surface area contributed by atoms with E-state index < -0.39 is 0 Å². The molecule has 1 heterocycles. The van der Waals surface area contributed by atoms with Crippen LogP contribution >= 0.6 is 15.9 Å². The van der Waals surface area contributed by atoms with Crippen molar-refractivity contribution >= 4 is 15.9 Å². The number of hydrogen-bond acceptors (Lipinski definition) is 2. The number of halogens is 1. The van der Waals surface area contributed by atoms with Gasteiger partial charge in [-0.15, -0.1) is 0 Å². The van der Waals surface area contributed by atoms with E-state index in [0.717, 1.165) is 13.0 Å². The van der Waals surface area contributed by atoms with Crippen LogP contribution in [-0.4, -0.2) is 24.0 Å². The topological polar surface area (TPSA) is 29.3 Å². The molecule has 2 nitrogen and oxygen atoms in total. The van der Waals surface area contributed by atoms with Crippen LogP contribution in [0.1, 0.15) is 50.3 Å². The summed E-state index contributed by atoms with van der Waals surface area (Å²) in [7, 11) is 0. The molecule has 2 atom stereocenters. The summed E-state index contributed by atoms with van der Waals surface area (Å²) in [5.41, 5.74) is 9.18. The van der Waals surface area contributed by atoms with Gasteiger partial charge < -0.3 is 5.73 Å². The third kappa shape index (κ3) is 3.84. The summed E-state index contributed by atoms with van der Waals surface area (Å²) in [4.78, 5) is 2.60. The summed E-state index contributed by atoms with van der Waals surface area (Å²) in [6.07, 6.45) is 3.66. The lowest BCUT2D eigenvalue weighted by Gasteiger charge is -2.35. The Kier molecular flexibility index (Phi) is 5.65. The predicted octanol–water partition coefficient (Wildman–Crippen LogP) is 4.27. The fourth-order valence-electron chi connectivity index (χ4n) is 3.25. The molecule has 1 aromatic rings. The van der Waals surface area contributed by atoms with Crippen molar-refractivity contribution in [3.05, 3.63) is 33.8 Å². The van der Waals surface area contributed by atoms with Crippen molar-refractivity contribution < 1.29 is 0 Å². The quantitative estimate of drug-likeness (QED) is 0.891. The van der Waals surface area contributed by atoms with Crippen LogP contribution in [0.5, 0.6) is 0 Å². The molecule has 20 heavy (non-hydrogen) atoms. The van der Waals surface area contributed by atoms with Crippen molar-refractivity contribution in [1.82, 2.24) is 4.90 Å². The third-order valence-corrected chi connectivity index (χ3v) is 5.04. The van der Waals surface area contributed by atoms with Crippen molar-refractivity contribution in [1.29, 1.82) is 0 Å². The Labute approximate surface area is 131 Å². The van der Waals surface area contributed by atoms with Gasteiger partial charge in [-0.25, -0.2) is 0 Å². The second-order valence-corrected chi connectivity index (χ2v) is 7.36. The number of rotatable bonds is 3. The molecule has 0 bridgehead atoms. The highest BCUT2D eigenvalue weighted by molar-refractivity contribution is 9.10. The summed E-state index contributed by atoms with van der Waals surface area (Å²) < 4.78 is 1.18. The Morgan fingerprint density at radius 2 is 2.10 bits per heavy atom. The van der Waals surface area contributed by atoms with Gasteiger partial charge >= 0.3 is 0 Å². The molecule has 2 unspecified atom stereocenters. The average molecular weight is 339 g/mol. The van der Waals surface area contributed by atoms with Gasteiger partial charge in [-0.05, 0) is 49.4 Å². The molecule has 112 valence electrons. The molecule has 1 fully saturated rings. The van der Waals surface area contributed by atoms with Gasteiger partial charge in [0, 0.05) is 23.1 Å². The van der Waals surface area contributed by atoms with Crippen LogP contribution in [0.4, 0.5) is 0 Å². The maximum Gasteiger partial charge on any atom is 0.0499 e. The molecule has 0 spiro atoms. The van der Waals surface area contributed by atoms with E-state index >= 15 is 0 Å². The molecule has 0 amide bonds. The second kappa shape index (κ2) is 7.06. The molecule has 2 rings (SSSR count). The number of nitrogens with two attached hydrogens (primary N) is 1.